The average Bonchev–Trinajstić information content (AvgIpc) is 3.02. The first-order valence-electron chi connectivity index (χ1n) is 6.51. The number of nitrogens with two attached hydrogens (primary N) is 1. The van der Waals surface area contributed by atoms with Gasteiger partial charge in [-0.05, 0) is 24.3 Å². The van der Waals surface area contributed by atoms with Crippen LogP contribution in [0, 0.1) is 0 Å². The molecule has 0 radical (unpaired) electrons. The first-order chi connectivity index (χ1) is 10.5. The lowest BCUT2D eigenvalue weighted by molar-refractivity contribution is 0.0119. The molecule has 0 saturated carbocycles. The summed E-state index contributed by atoms with van der Waals surface area (Å²) in [7, 11) is 1.54. The number of nitrogens with one attached hydrogen (secondary N) is 2. The quantitative estimate of drug-likeness (QED) is 0.752. The van der Waals surface area contributed by atoms with Gasteiger partial charge < -0.3 is 15.8 Å². The minimum Gasteiger partial charge on any atom is -0.497 e. The second kappa shape index (κ2) is 6.52. The van der Waals surface area contributed by atoms with Gasteiger partial charge in [0.1, 0.15) is 5.75 Å². The number of rotatable bonds is 6. The van der Waals surface area contributed by atoms with E-state index in [1.165, 1.54) is 6.20 Å². The van der Waals surface area contributed by atoms with Gasteiger partial charge in [-0.25, -0.2) is 8.78 Å². The normalized spacial score (nSPS) is 11.3. The van der Waals surface area contributed by atoms with E-state index in [-0.39, 0.29) is 5.56 Å². The van der Waals surface area contributed by atoms with Crippen molar-refractivity contribution in [3.63, 3.8) is 0 Å². The zero-order valence-electron chi connectivity index (χ0n) is 11.9. The highest BCUT2D eigenvalue weighted by Gasteiger charge is 2.28. The topological polar surface area (TPSA) is 93.0 Å². The summed E-state index contributed by atoms with van der Waals surface area (Å²) in [6.45, 7) is -1.65. The van der Waals surface area contributed by atoms with Crippen LogP contribution >= 0.6 is 0 Å². The predicted molar refractivity (Wildman–Crippen MR) is 76.9 cm³/mol. The van der Waals surface area contributed by atoms with E-state index in [2.05, 4.69) is 15.5 Å². The summed E-state index contributed by atoms with van der Waals surface area (Å²) in [6, 6.07) is 6.91. The van der Waals surface area contributed by atoms with Crippen LogP contribution in [0.2, 0.25) is 0 Å². The Hall–Kier alpha value is -2.48. The minimum absolute atomic E-state index is 0.179. The third-order valence-corrected chi connectivity index (χ3v) is 3.07. The fraction of sp³-hybridized carbons (Fsp3) is 0.286. The van der Waals surface area contributed by atoms with Crippen LogP contribution in [0.4, 0.5) is 8.78 Å². The number of hydrogen-bond acceptors (Lipinski definition) is 4. The smallest absolute Gasteiger partial charge is 0.277 e. The van der Waals surface area contributed by atoms with Crippen molar-refractivity contribution in [2.75, 3.05) is 20.2 Å². The molecule has 0 aliphatic heterocycles. The van der Waals surface area contributed by atoms with Gasteiger partial charge >= 0.3 is 0 Å². The van der Waals surface area contributed by atoms with Gasteiger partial charge in [-0.2, -0.15) is 5.10 Å². The maximum atomic E-state index is 13.1. The summed E-state index contributed by atoms with van der Waals surface area (Å²) >= 11 is 0. The number of alkyl halides is 2. The molecule has 0 bridgehead atoms. The molecule has 0 aliphatic carbocycles. The van der Waals surface area contributed by atoms with Crippen molar-refractivity contribution in [1.29, 1.82) is 0 Å². The Bertz CT molecular complexity index is 641. The SMILES string of the molecule is COc1ccc(-c2[nH]ncc2C(=O)NCC(F)(F)CN)cc1. The summed E-state index contributed by atoms with van der Waals surface area (Å²) in [4.78, 5) is 12.0. The molecule has 1 aromatic carbocycles. The molecular weight excluding hydrogens is 294 g/mol. The van der Waals surface area contributed by atoms with Crippen molar-refractivity contribution < 1.29 is 18.3 Å². The molecule has 0 saturated heterocycles. The zero-order valence-corrected chi connectivity index (χ0v) is 11.9. The Morgan fingerprint density at radius 2 is 2.09 bits per heavy atom. The number of aromatic amines is 1. The van der Waals surface area contributed by atoms with E-state index in [9.17, 15) is 13.6 Å². The first-order valence-corrected chi connectivity index (χ1v) is 6.51. The second-order valence-electron chi connectivity index (χ2n) is 4.63. The predicted octanol–water partition coefficient (Wildman–Crippen LogP) is 1.41. The minimum atomic E-state index is -3.14. The number of H-pyrrole nitrogens is 1. The van der Waals surface area contributed by atoms with E-state index in [0.29, 0.717) is 17.0 Å². The molecular formula is C14H16F2N4O2. The molecule has 8 heteroatoms. The Kier molecular flexibility index (Phi) is 4.71. The Balaban J connectivity index is 2.16. The lowest BCUT2D eigenvalue weighted by Gasteiger charge is -2.14. The number of benzene rings is 1. The summed E-state index contributed by atoms with van der Waals surface area (Å²) in [5.74, 6) is -3.12. The fourth-order valence-electron chi connectivity index (χ4n) is 1.81. The summed E-state index contributed by atoms with van der Waals surface area (Å²) in [5, 5.41) is 8.64. The fourth-order valence-corrected chi connectivity index (χ4v) is 1.81. The van der Waals surface area contributed by atoms with Crippen LogP contribution in [0.1, 0.15) is 10.4 Å². The van der Waals surface area contributed by atoms with Crippen molar-refractivity contribution in [3.8, 4) is 17.0 Å². The molecule has 0 spiro atoms. The first kappa shape index (κ1) is 15.9. The number of carbonyl (C=O) groups excluding carboxylic acids is 1. The summed E-state index contributed by atoms with van der Waals surface area (Å²) in [6.07, 6.45) is 1.29. The van der Waals surface area contributed by atoms with Gasteiger partial charge in [0.25, 0.3) is 11.8 Å². The molecule has 1 aromatic heterocycles. The van der Waals surface area contributed by atoms with E-state index in [1.54, 1.807) is 31.4 Å². The molecule has 1 amide bonds. The van der Waals surface area contributed by atoms with E-state index in [1.807, 2.05) is 0 Å². The van der Waals surface area contributed by atoms with Crippen molar-refractivity contribution >= 4 is 5.91 Å². The van der Waals surface area contributed by atoms with Crippen LogP contribution in [0.5, 0.6) is 5.75 Å². The van der Waals surface area contributed by atoms with Gasteiger partial charge in [-0.1, -0.05) is 0 Å². The number of methoxy groups -OCH3 is 1. The molecule has 22 heavy (non-hydrogen) atoms. The van der Waals surface area contributed by atoms with Crippen LogP contribution in [-0.4, -0.2) is 42.2 Å². The number of hydrogen-bond donors (Lipinski definition) is 3. The van der Waals surface area contributed by atoms with Gasteiger partial charge in [0.15, 0.2) is 0 Å². The highest BCUT2D eigenvalue weighted by atomic mass is 19.3. The zero-order chi connectivity index (χ0) is 16.2. The van der Waals surface area contributed by atoms with E-state index >= 15 is 0 Å². The van der Waals surface area contributed by atoms with Crippen LogP contribution in [0.3, 0.4) is 0 Å². The third-order valence-electron chi connectivity index (χ3n) is 3.07. The number of aromatic nitrogens is 2. The molecule has 6 nitrogen and oxygen atoms in total. The number of nitrogens with zero attached hydrogens (tertiary/aromatic N) is 1. The molecule has 0 unspecified atom stereocenters. The number of amides is 1. The van der Waals surface area contributed by atoms with E-state index in [0.717, 1.165) is 0 Å². The second-order valence-corrected chi connectivity index (χ2v) is 4.63. The van der Waals surface area contributed by atoms with Crippen LogP contribution < -0.4 is 15.8 Å². The van der Waals surface area contributed by atoms with Gasteiger partial charge in [-0.3, -0.25) is 9.89 Å². The van der Waals surface area contributed by atoms with Crippen LogP contribution in [-0.2, 0) is 0 Å². The molecule has 4 N–H and O–H groups in total. The largest absolute Gasteiger partial charge is 0.497 e. The average molecular weight is 310 g/mol. The molecule has 2 aromatic rings. The van der Waals surface area contributed by atoms with Crippen LogP contribution in [0.25, 0.3) is 11.3 Å². The number of halogens is 2. The molecule has 2 rings (SSSR count). The van der Waals surface area contributed by atoms with Gasteiger partial charge in [0.05, 0.1) is 37.7 Å². The highest BCUT2D eigenvalue weighted by molar-refractivity contribution is 5.99. The Morgan fingerprint density at radius 1 is 1.41 bits per heavy atom. The molecule has 0 fully saturated rings. The number of ether oxygens (including phenoxy) is 1. The Morgan fingerprint density at radius 3 is 2.68 bits per heavy atom. The standard InChI is InChI=1S/C14H16F2N4O2/c1-22-10-4-2-9(3-5-10)12-11(6-19-20-12)13(21)18-8-14(15,16)7-17/h2-6H,7-8,17H2,1H3,(H,18,21)(H,19,20). The molecule has 0 atom stereocenters. The molecule has 0 aliphatic rings. The van der Waals surface area contributed by atoms with Crippen molar-refractivity contribution in [2.24, 2.45) is 5.73 Å². The summed E-state index contributed by atoms with van der Waals surface area (Å²) in [5.41, 5.74) is 6.24. The van der Waals surface area contributed by atoms with Crippen molar-refractivity contribution in [1.82, 2.24) is 15.5 Å². The third kappa shape index (κ3) is 3.59. The van der Waals surface area contributed by atoms with E-state index in [4.69, 9.17) is 10.5 Å². The maximum absolute atomic E-state index is 13.1. The monoisotopic (exact) mass is 310 g/mol. The van der Waals surface area contributed by atoms with Gasteiger partial charge in [-0.15, -0.1) is 0 Å². The Labute approximate surface area is 125 Å². The van der Waals surface area contributed by atoms with E-state index < -0.39 is 24.9 Å². The van der Waals surface area contributed by atoms with Crippen LogP contribution in [0.15, 0.2) is 30.5 Å². The lowest BCUT2D eigenvalue weighted by atomic mass is 10.1. The summed E-state index contributed by atoms with van der Waals surface area (Å²) < 4.78 is 31.2. The number of carbonyl (C=O) groups is 1. The van der Waals surface area contributed by atoms with Crippen molar-refractivity contribution in [2.45, 2.75) is 5.92 Å². The van der Waals surface area contributed by atoms with Crippen molar-refractivity contribution in [3.05, 3.63) is 36.0 Å². The van der Waals surface area contributed by atoms with Gasteiger partial charge in [0.2, 0.25) is 0 Å². The highest BCUT2D eigenvalue weighted by Crippen LogP contribution is 2.23. The molecule has 118 valence electrons. The van der Waals surface area contributed by atoms with Gasteiger partial charge in [0, 0.05) is 5.56 Å². The maximum Gasteiger partial charge on any atom is 0.277 e. The molecule has 1 heterocycles. The lowest BCUT2D eigenvalue weighted by Crippen LogP contribution is -2.41.